The summed E-state index contributed by atoms with van der Waals surface area (Å²) in [5.74, 6) is 0.442. The SMILES string of the molecule is Cc1c(OC(=O)c2cccs2)ccc2c1O/C(=C\c1ccc(Br)cc1)C2=O. The van der Waals surface area contributed by atoms with E-state index in [-0.39, 0.29) is 11.5 Å². The van der Waals surface area contributed by atoms with Crippen LogP contribution in [0.5, 0.6) is 11.5 Å². The molecule has 134 valence electrons. The van der Waals surface area contributed by atoms with E-state index in [1.165, 1.54) is 11.3 Å². The second-order valence-electron chi connectivity index (χ2n) is 5.92. The molecule has 1 aromatic heterocycles. The average Bonchev–Trinajstić information content (AvgIpc) is 3.29. The molecule has 4 nitrogen and oxygen atoms in total. The van der Waals surface area contributed by atoms with Crippen molar-refractivity contribution in [2.45, 2.75) is 6.92 Å². The largest absolute Gasteiger partial charge is 0.452 e. The van der Waals surface area contributed by atoms with Gasteiger partial charge in [-0.05, 0) is 54.3 Å². The summed E-state index contributed by atoms with van der Waals surface area (Å²) < 4.78 is 12.2. The molecule has 0 unspecified atom stereocenters. The maximum atomic E-state index is 12.6. The van der Waals surface area contributed by atoms with Crippen LogP contribution >= 0.6 is 27.3 Å². The lowest BCUT2D eigenvalue weighted by Gasteiger charge is -2.09. The van der Waals surface area contributed by atoms with E-state index in [1.807, 2.05) is 29.6 Å². The van der Waals surface area contributed by atoms with Gasteiger partial charge in [0.25, 0.3) is 0 Å². The number of benzene rings is 2. The summed E-state index contributed by atoms with van der Waals surface area (Å²) in [7, 11) is 0. The lowest BCUT2D eigenvalue weighted by Crippen LogP contribution is -2.07. The Kier molecular flexibility index (Phi) is 4.68. The summed E-state index contributed by atoms with van der Waals surface area (Å²) >= 11 is 4.70. The van der Waals surface area contributed by atoms with E-state index >= 15 is 0 Å². The number of allylic oxidation sites excluding steroid dienone is 1. The zero-order valence-corrected chi connectivity index (χ0v) is 16.6. The van der Waals surface area contributed by atoms with Crippen LogP contribution in [0.1, 0.15) is 31.2 Å². The Morgan fingerprint density at radius 2 is 1.93 bits per heavy atom. The number of fused-ring (bicyclic) bond motifs is 1. The van der Waals surface area contributed by atoms with Crippen LogP contribution in [0.15, 0.2) is 64.1 Å². The van der Waals surface area contributed by atoms with Crippen molar-refractivity contribution in [3.63, 3.8) is 0 Å². The van der Waals surface area contributed by atoms with Gasteiger partial charge in [-0.25, -0.2) is 4.79 Å². The summed E-state index contributed by atoms with van der Waals surface area (Å²) in [6, 6.07) is 14.3. The highest BCUT2D eigenvalue weighted by Gasteiger charge is 2.30. The molecule has 0 saturated heterocycles. The minimum absolute atomic E-state index is 0.188. The van der Waals surface area contributed by atoms with Crippen LogP contribution in [-0.2, 0) is 0 Å². The van der Waals surface area contributed by atoms with Gasteiger partial charge in [-0.2, -0.15) is 0 Å². The normalized spacial score (nSPS) is 14.1. The second kappa shape index (κ2) is 7.13. The van der Waals surface area contributed by atoms with Gasteiger partial charge < -0.3 is 9.47 Å². The zero-order valence-electron chi connectivity index (χ0n) is 14.2. The van der Waals surface area contributed by atoms with E-state index in [1.54, 1.807) is 37.3 Å². The van der Waals surface area contributed by atoms with E-state index in [0.717, 1.165) is 10.0 Å². The smallest absolute Gasteiger partial charge is 0.353 e. The molecule has 2 heterocycles. The van der Waals surface area contributed by atoms with Crippen molar-refractivity contribution in [3.05, 3.63) is 85.7 Å². The Morgan fingerprint density at radius 1 is 1.15 bits per heavy atom. The van der Waals surface area contributed by atoms with Crippen molar-refractivity contribution in [3.8, 4) is 11.5 Å². The lowest BCUT2D eigenvalue weighted by atomic mass is 10.1. The van der Waals surface area contributed by atoms with E-state index in [4.69, 9.17) is 9.47 Å². The van der Waals surface area contributed by atoms with Crippen LogP contribution in [0.25, 0.3) is 6.08 Å². The van der Waals surface area contributed by atoms with Crippen LogP contribution in [0.2, 0.25) is 0 Å². The van der Waals surface area contributed by atoms with Crippen molar-refractivity contribution in [2.24, 2.45) is 0 Å². The Bertz CT molecular complexity index is 1070. The molecule has 27 heavy (non-hydrogen) atoms. The van der Waals surface area contributed by atoms with Gasteiger partial charge in [-0.15, -0.1) is 11.3 Å². The maximum Gasteiger partial charge on any atom is 0.353 e. The van der Waals surface area contributed by atoms with Crippen molar-refractivity contribution in [1.82, 2.24) is 0 Å². The van der Waals surface area contributed by atoms with Crippen molar-refractivity contribution < 1.29 is 19.1 Å². The van der Waals surface area contributed by atoms with Crippen molar-refractivity contribution >= 4 is 45.1 Å². The summed E-state index contributed by atoms with van der Waals surface area (Å²) in [5.41, 5.74) is 1.94. The molecule has 4 rings (SSSR count). The van der Waals surface area contributed by atoms with E-state index in [9.17, 15) is 9.59 Å². The first-order valence-corrected chi connectivity index (χ1v) is 9.79. The highest BCUT2D eigenvalue weighted by Crippen LogP contribution is 2.39. The summed E-state index contributed by atoms with van der Waals surface area (Å²) in [6.07, 6.45) is 1.70. The number of halogens is 1. The Hall–Kier alpha value is -2.70. The van der Waals surface area contributed by atoms with Gasteiger partial charge >= 0.3 is 5.97 Å². The van der Waals surface area contributed by atoms with Crippen LogP contribution in [-0.4, -0.2) is 11.8 Å². The predicted molar refractivity (Wildman–Crippen MR) is 108 cm³/mol. The highest BCUT2D eigenvalue weighted by molar-refractivity contribution is 9.10. The third kappa shape index (κ3) is 3.46. The average molecular weight is 441 g/mol. The summed E-state index contributed by atoms with van der Waals surface area (Å²) in [4.78, 5) is 25.3. The molecule has 0 spiro atoms. The molecule has 0 radical (unpaired) electrons. The summed E-state index contributed by atoms with van der Waals surface area (Å²) in [5, 5.41) is 1.81. The fourth-order valence-corrected chi connectivity index (χ4v) is 3.60. The first-order chi connectivity index (χ1) is 13.0. The van der Waals surface area contributed by atoms with Crippen LogP contribution < -0.4 is 9.47 Å². The van der Waals surface area contributed by atoms with Gasteiger partial charge in [-0.3, -0.25) is 4.79 Å². The van der Waals surface area contributed by atoms with E-state index in [2.05, 4.69) is 15.9 Å². The molecule has 0 amide bonds. The van der Waals surface area contributed by atoms with Gasteiger partial charge in [0.1, 0.15) is 16.4 Å². The van der Waals surface area contributed by atoms with Crippen molar-refractivity contribution in [1.29, 1.82) is 0 Å². The number of esters is 1. The molecular formula is C21H13BrO4S. The zero-order chi connectivity index (χ0) is 19.0. The van der Waals surface area contributed by atoms with Crippen LogP contribution in [0.4, 0.5) is 0 Å². The molecule has 0 atom stereocenters. The number of thiophene rings is 1. The number of carbonyl (C=O) groups excluding carboxylic acids is 2. The molecule has 6 heteroatoms. The topological polar surface area (TPSA) is 52.6 Å². The molecule has 3 aromatic rings. The fraction of sp³-hybridized carbons (Fsp3) is 0.0476. The number of ether oxygens (including phenoxy) is 2. The molecule has 0 saturated carbocycles. The molecule has 1 aliphatic heterocycles. The molecule has 0 aliphatic carbocycles. The number of Topliss-reactive ketones (excluding diaryl/α,β-unsaturated/α-hetero) is 1. The number of hydrogen-bond acceptors (Lipinski definition) is 5. The first-order valence-electron chi connectivity index (χ1n) is 8.12. The monoisotopic (exact) mass is 440 g/mol. The standard InChI is InChI=1S/C21H13BrO4S/c1-12-16(26-21(24)18-3-2-10-27-18)9-8-15-19(23)17(25-20(12)15)11-13-4-6-14(22)7-5-13/h2-11H,1H3/b17-11-. The number of ketones is 1. The third-order valence-corrected chi connectivity index (χ3v) is 5.51. The van der Waals surface area contributed by atoms with Crippen molar-refractivity contribution in [2.75, 3.05) is 0 Å². The predicted octanol–water partition coefficient (Wildman–Crippen LogP) is 5.65. The van der Waals surface area contributed by atoms with Gasteiger partial charge in [0.05, 0.1) is 5.56 Å². The first kappa shape index (κ1) is 17.7. The van der Waals surface area contributed by atoms with Gasteiger partial charge in [-0.1, -0.05) is 34.1 Å². The fourth-order valence-electron chi connectivity index (χ4n) is 2.73. The Balaban J connectivity index is 1.62. The van der Waals surface area contributed by atoms with E-state index in [0.29, 0.717) is 27.5 Å². The van der Waals surface area contributed by atoms with Crippen LogP contribution in [0, 0.1) is 6.92 Å². The van der Waals surface area contributed by atoms with Gasteiger partial charge in [0.15, 0.2) is 5.76 Å². The minimum Gasteiger partial charge on any atom is -0.452 e. The summed E-state index contributed by atoms with van der Waals surface area (Å²) in [6.45, 7) is 1.77. The number of hydrogen-bond donors (Lipinski definition) is 0. The highest BCUT2D eigenvalue weighted by atomic mass is 79.9. The molecule has 0 N–H and O–H groups in total. The molecule has 0 fully saturated rings. The van der Waals surface area contributed by atoms with E-state index < -0.39 is 5.97 Å². The third-order valence-electron chi connectivity index (χ3n) is 4.13. The second-order valence-corrected chi connectivity index (χ2v) is 7.79. The molecule has 1 aliphatic rings. The molecule has 2 aromatic carbocycles. The Morgan fingerprint density at radius 3 is 2.63 bits per heavy atom. The number of carbonyl (C=O) groups is 2. The molecule has 0 bridgehead atoms. The molecular weight excluding hydrogens is 428 g/mol. The number of rotatable bonds is 3. The maximum absolute atomic E-state index is 12.6. The quantitative estimate of drug-likeness (QED) is 0.299. The Labute approximate surface area is 168 Å². The lowest BCUT2D eigenvalue weighted by molar-refractivity contribution is 0.0738. The van der Waals surface area contributed by atoms with Gasteiger partial charge in [0, 0.05) is 10.0 Å². The minimum atomic E-state index is -0.428. The van der Waals surface area contributed by atoms with Crippen LogP contribution in [0.3, 0.4) is 0 Å². The van der Waals surface area contributed by atoms with Gasteiger partial charge in [0.2, 0.25) is 5.78 Å².